The molecular weight excluding hydrogens is 266 g/mol. The van der Waals surface area contributed by atoms with E-state index in [-0.39, 0.29) is 0 Å². The van der Waals surface area contributed by atoms with Crippen molar-refractivity contribution in [3.05, 3.63) is 24.0 Å². The Morgan fingerprint density at radius 3 is 2.67 bits per heavy atom. The molecule has 21 heavy (non-hydrogen) atoms. The average molecular weight is 287 g/mol. The molecule has 112 valence electrons. The van der Waals surface area contributed by atoms with E-state index in [1.165, 1.54) is 12.8 Å². The Morgan fingerprint density at radius 2 is 2.00 bits per heavy atom. The SMILES string of the molecule is COc1ccc(-c2nc(C3CCC(C)CC3)no2)cc1N. The zero-order valence-corrected chi connectivity index (χ0v) is 12.5. The van der Waals surface area contributed by atoms with Crippen molar-refractivity contribution < 1.29 is 9.26 Å². The van der Waals surface area contributed by atoms with E-state index in [9.17, 15) is 0 Å². The van der Waals surface area contributed by atoms with Gasteiger partial charge in [-0.3, -0.25) is 0 Å². The van der Waals surface area contributed by atoms with Crippen LogP contribution in [-0.4, -0.2) is 17.3 Å². The Bertz CT molecular complexity index is 616. The second-order valence-electron chi connectivity index (χ2n) is 5.87. The Balaban J connectivity index is 1.80. The minimum absolute atomic E-state index is 0.425. The van der Waals surface area contributed by atoms with Gasteiger partial charge in [-0.25, -0.2) is 0 Å². The maximum absolute atomic E-state index is 5.92. The van der Waals surface area contributed by atoms with Gasteiger partial charge in [0.25, 0.3) is 5.89 Å². The van der Waals surface area contributed by atoms with Crippen LogP contribution in [0.15, 0.2) is 22.7 Å². The highest BCUT2D eigenvalue weighted by molar-refractivity contribution is 5.65. The highest BCUT2D eigenvalue weighted by atomic mass is 16.5. The molecule has 0 saturated heterocycles. The molecule has 3 rings (SSSR count). The van der Waals surface area contributed by atoms with Crippen LogP contribution in [0.2, 0.25) is 0 Å². The van der Waals surface area contributed by atoms with Crippen LogP contribution in [0.4, 0.5) is 5.69 Å². The molecule has 1 aliphatic carbocycles. The Labute approximate surface area is 124 Å². The first-order valence-corrected chi connectivity index (χ1v) is 7.45. The molecule has 0 aliphatic heterocycles. The largest absolute Gasteiger partial charge is 0.495 e. The third kappa shape index (κ3) is 2.86. The van der Waals surface area contributed by atoms with Crippen molar-refractivity contribution in [2.75, 3.05) is 12.8 Å². The fourth-order valence-corrected chi connectivity index (χ4v) is 2.90. The predicted molar refractivity (Wildman–Crippen MR) is 81.1 cm³/mol. The monoisotopic (exact) mass is 287 g/mol. The molecule has 1 aliphatic rings. The molecule has 0 bridgehead atoms. The number of nitrogens with zero attached hydrogens (tertiary/aromatic N) is 2. The zero-order valence-electron chi connectivity index (χ0n) is 12.5. The maximum atomic E-state index is 5.92. The summed E-state index contributed by atoms with van der Waals surface area (Å²) in [6.45, 7) is 2.30. The summed E-state index contributed by atoms with van der Waals surface area (Å²) in [5, 5.41) is 4.16. The molecule has 0 atom stereocenters. The molecule has 1 heterocycles. The van der Waals surface area contributed by atoms with Gasteiger partial charge in [0, 0.05) is 11.5 Å². The van der Waals surface area contributed by atoms with Crippen molar-refractivity contribution in [2.45, 2.75) is 38.5 Å². The molecule has 1 aromatic carbocycles. The van der Waals surface area contributed by atoms with Gasteiger partial charge < -0.3 is 15.0 Å². The quantitative estimate of drug-likeness (QED) is 0.873. The van der Waals surface area contributed by atoms with E-state index in [1.807, 2.05) is 12.1 Å². The fraction of sp³-hybridized carbons (Fsp3) is 0.500. The third-order valence-electron chi connectivity index (χ3n) is 4.30. The van der Waals surface area contributed by atoms with Crippen molar-refractivity contribution in [3.63, 3.8) is 0 Å². The van der Waals surface area contributed by atoms with Gasteiger partial charge in [-0.2, -0.15) is 4.98 Å². The maximum Gasteiger partial charge on any atom is 0.258 e. The van der Waals surface area contributed by atoms with Crippen molar-refractivity contribution in [1.29, 1.82) is 0 Å². The molecule has 1 saturated carbocycles. The molecule has 5 nitrogen and oxygen atoms in total. The molecule has 2 aromatic rings. The van der Waals surface area contributed by atoms with Gasteiger partial charge >= 0.3 is 0 Å². The number of anilines is 1. The van der Waals surface area contributed by atoms with Gasteiger partial charge in [0.05, 0.1) is 12.8 Å². The van der Waals surface area contributed by atoms with E-state index in [2.05, 4.69) is 17.1 Å². The number of aromatic nitrogens is 2. The molecular formula is C16H21N3O2. The minimum Gasteiger partial charge on any atom is -0.495 e. The first-order chi connectivity index (χ1) is 10.2. The van der Waals surface area contributed by atoms with Gasteiger partial charge in [0.1, 0.15) is 5.75 Å². The average Bonchev–Trinajstić information content (AvgIpc) is 2.98. The van der Waals surface area contributed by atoms with E-state index >= 15 is 0 Å². The Kier molecular flexibility index (Phi) is 3.82. The van der Waals surface area contributed by atoms with E-state index < -0.39 is 0 Å². The fourth-order valence-electron chi connectivity index (χ4n) is 2.90. The smallest absolute Gasteiger partial charge is 0.258 e. The summed E-state index contributed by atoms with van der Waals surface area (Å²) in [5.41, 5.74) is 7.32. The van der Waals surface area contributed by atoms with Crippen molar-refractivity contribution >= 4 is 5.69 Å². The van der Waals surface area contributed by atoms with Gasteiger partial charge in [0.15, 0.2) is 5.82 Å². The number of rotatable bonds is 3. The number of methoxy groups -OCH3 is 1. The number of nitrogens with two attached hydrogens (primary N) is 1. The number of nitrogen functional groups attached to an aromatic ring is 1. The summed E-state index contributed by atoms with van der Waals surface area (Å²) in [4.78, 5) is 4.55. The van der Waals surface area contributed by atoms with Crippen molar-refractivity contribution in [3.8, 4) is 17.2 Å². The summed E-state index contributed by atoms with van der Waals surface area (Å²) in [6.07, 6.45) is 4.77. The van der Waals surface area contributed by atoms with Crippen LogP contribution in [0.25, 0.3) is 11.5 Å². The highest BCUT2D eigenvalue weighted by Gasteiger charge is 2.24. The van der Waals surface area contributed by atoms with Crippen LogP contribution in [-0.2, 0) is 0 Å². The first-order valence-electron chi connectivity index (χ1n) is 7.45. The van der Waals surface area contributed by atoms with E-state index in [1.54, 1.807) is 13.2 Å². The lowest BCUT2D eigenvalue weighted by Gasteiger charge is -2.23. The Morgan fingerprint density at radius 1 is 1.24 bits per heavy atom. The highest BCUT2D eigenvalue weighted by Crippen LogP contribution is 2.35. The lowest BCUT2D eigenvalue weighted by Crippen LogP contribution is -2.11. The normalized spacial score (nSPS) is 22.2. The van der Waals surface area contributed by atoms with Crippen molar-refractivity contribution in [1.82, 2.24) is 10.1 Å². The standard InChI is InChI=1S/C16H21N3O2/c1-10-3-5-11(6-4-10)15-18-16(21-19-15)12-7-8-14(20-2)13(17)9-12/h7-11H,3-6,17H2,1-2H3. The van der Waals surface area contributed by atoms with Crippen LogP contribution in [0.5, 0.6) is 5.75 Å². The number of benzene rings is 1. The summed E-state index contributed by atoms with van der Waals surface area (Å²) in [5.74, 6) is 3.24. The van der Waals surface area contributed by atoms with Crippen LogP contribution in [0, 0.1) is 5.92 Å². The van der Waals surface area contributed by atoms with E-state index in [0.717, 1.165) is 30.1 Å². The molecule has 2 N–H and O–H groups in total. The molecule has 5 heteroatoms. The predicted octanol–water partition coefficient (Wildman–Crippen LogP) is 3.62. The minimum atomic E-state index is 0.425. The van der Waals surface area contributed by atoms with Gasteiger partial charge in [-0.1, -0.05) is 24.9 Å². The van der Waals surface area contributed by atoms with Gasteiger partial charge in [0.2, 0.25) is 0 Å². The molecule has 0 amide bonds. The second-order valence-corrected chi connectivity index (χ2v) is 5.87. The number of ether oxygens (including phenoxy) is 1. The lowest BCUT2D eigenvalue weighted by atomic mass is 9.83. The molecule has 0 unspecified atom stereocenters. The van der Waals surface area contributed by atoms with E-state index in [4.69, 9.17) is 15.0 Å². The summed E-state index contributed by atoms with van der Waals surface area (Å²) >= 11 is 0. The summed E-state index contributed by atoms with van der Waals surface area (Å²) < 4.78 is 10.6. The first kappa shape index (κ1) is 13.9. The molecule has 0 spiro atoms. The van der Waals surface area contributed by atoms with Crippen molar-refractivity contribution in [2.24, 2.45) is 5.92 Å². The summed E-state index contributed by atoms with van der Waals surface area (Å²) in [6, 6.07) is 5.51. The third-order valence-corrected chi connectivity index (χ3v) is 4.30. The van der Waals surface area contributed by atoms with Gasteiger partial charge in [-0.15, -0.1) is 0 Å². The topological polar surface area (TPSA) is 74.2 Å². The summed E-state index contributed by atoms with van der Waals surface area (Å²) in [7, 11) is 1.60. The lowest BCUT2D eigenvalue weighted by molar-refractivity contribution is 0.329. The number of hydrogen-bond donors (Lipinski definition) is 1. The Hall–Kier alpha value is -2.04. The second kappa shape index (κ2) is 5.76. The van der Waals surface area contributed by atoms with Gasteiger partial charge in [-0.05, 0) is 37.0 Å². The number of hydrogen-bond acceptors (Lipinski definition) is 5. The van der Waals surface area contributed by atoms with Crippen LogP contribution < -0.4 is 10.5 Å². The molecule has 1 fully saturated rings. The van der Waals surface area contributed by atoms with Crippen LogP contribution >= 0.6 is 0 Å². The van der Waals surface area contributed by atoms with E-state index in [0.29, 0.717) is 23.2 Å². The van der Waals surface area contributed by atoms with Crippen LogP contribution in [0.1, 0.15) is 44.3 Å². The van der Waals surface area contributed by atoms with Crippen LogP contribution in [0.3, 0.4) is 0 Å². The molecule has 0 radical (unpaired) electrons. The molecule has 1 aromatic heterocycles. The zero-order chi connectivity index (χ0) is 14.8.